The van der Waals surface area contributed by atoms with Crippen LogP contribution in [0.15, 0.2) is 72.9 Å². The lowest BCUT2D eigenvalue weighted by atomic mass is 10.0. The number of imidazole rings is 1. The van der Waals surface area contributed by atoms with Gasteiger partial charge in [0.05, 0.1) is 10.7 Å². The first-order chi connectivity index (χ1) is 14.5. The highest BCUT2D eigenvalue weighted by atomic mass is 35.5. The number of phenols is 1. The largest absolute Gasteiger partial charge is 0.508 e. The average molecular weight is 435 g/mol. The van der Waals surface area contributed by atoms with Gasteiger partial charge in [0.15, 0.2) is 0 Å². The Labute approximate surface area is 185 Å². The van der Waals surface area contributed by atoms with Gasteiger partial charge in [-0.3, -0.25) is 0 Å². The van der Waals surface area contributed by atoms with Crippen LogP contribution in [0.5, 0.6) is 5.75 Å². The number of nitrogens with zero attached hydrogens (tertiary/aromatic N) is 2. The van der Waals surface area contributed by atoms with Gasteiger partial charge in [0, 0.05) is 23.3 Å². The molecule has 1 N–H and O–H groups in total. The van der Waals surface area contributed by atoms with Gasteiger partial charge >= 0.3 is 0 Å². The van der Waals surface area contributed by atoms with Crippen LogP contribution in [0, 0.1) is 0 Å². The van der Waals surface area contributed by atoms with E-state index in [0.717, 1.165) is 40.3 Å². The predicted octanol–water partition coefficient (Wildman–Crippen LogP) is 7.42. The highest BCUT2D eigenvalue weighted by Crippen LogP contribution is 2.30. The molecule has 4 rings (SSSR count). The maximum atomic E-state index is 9.74. The fourth-order valence-electron chi connectivity index (χ4n) is 3.32. The molecule has 0 saturated heterocycles. The van der Waals surface area contributed by atoms with Crippen LogP contribution >= 0.6 is 23.2 Å². The minimum Gasteiger partial charge on any atom is -0.508 e. The van der Waals surface area contributed by atoms with Gasteiger partial charge in [-0.25, -0.2) is 4.98 Å². The van der Waals surface area contributed by atoms with Crippen molar-refractivity contribution in [2.45, 2.75) is 13.5 Å². The fourth-order valence-corrected chi connectivity index (χ4v) is 3.83. The molecule has 3 nitrogen and oxygen atoms in total. The fraction of sp³-hybridized carbons (Fsp3) is 0.0800. The smallest absolute Gasteiger partial charge is 0.133 e. The number of hydrogen-bond donors (Lipinski definition) is 1. The Bertz CT molecular complexity index is 1230. The Morgan fingerprint density at radius 1 is 0.933 bits per heavy atom. The molecule has 150 valence electrons. The number of hydrogen-bond acceptors (Lipinski definition) is 2. The summed E-state index contributed by atoms with van der Waals surface area (Å²) in [7, 11) is 0. The molecule has 0 fully saturated rings. The molecular weight excluding hydrogens is 415 g/mol. The summed E-state index contributed by atoms with van der Waals surface area (Å²) in [5, 5.41) is 10.9. The lowest BCUT2D eigenvalue weighted by Gasteiger charge is -2.04. The van der Waals surface area contributed by atoms with Crippen molar-refractivity contribution in [3.63, 3.8) is 0 Å². The highest BCUT2D eigenvalue weighted by Gasteiger charge is 2.10. The summed E-state index contributed by atoms with van der Waals surface area (Å²) in [5.74, 6) is 1.10. The summed E-state index contributed by atoms with van der Waals surface area (Å²) >= 11 is 12.4. The molecule has 0 spiro atoms. The van der Waals surface area contributed by atoms with Crippen LogP contribution in [0.25, 0.3) is 34.5 Å². The van der Waals surface area contributed by atoms with E-state index in [4.69, 9.17) is 28.2 Å². The zero-order valence-electron chi connectivity index (χ0n) is 16.4. The van der Waals surface area contributed by atoms with Crippen LogP contribution in [-0.2, 0) is 6.54 Å². The molecule has 5 heteroatoms. The highest BCUT2D eigenvalue weighted by molar-refractivity contribution is 6.36. The molecule has 0 atom stereocenters. The summed E-state index contributed by atoms with van der Waals surface area (Å²) in [5.41, 5.74) is 4.73. The molecule has 4 aromatic rings. The van der Waals surface area contributed by atoms with Gasteiger partial charge in [-0.05, 0) is 66.1 Å². The molecule has 0 bridgehead atoms. The molecule has 0 radical (unpaired) electrons. The SMILES string of the molecule is CCn1cc(-c2ccc(Cl)cc2Cl)nc1/C=C/c1cccc(-c2cccc(O)c2)c1. The van der Waals surface area contributed by atoms with Crippen molar-refractivity contribution in [2.75, 3.05) is 0 Å². The Hall–Kier alpha value is -3.01. The van der Waals surface area contributed by atoms with Gasteiger partial charge in [-0.15, -0.1) is 0 Å². The predicted molar refractivity (Wildman–Crippen MR) is 126 cm³/mol. The summed E-state index contributed by atoms with van der Waals surface area (Å²) in [6.07, 6.45) is 6.03. The molecule has 0 saturated carbocycles. The molecule has 1 heterocycles. The normalized spacial score (nSPS) is 11.3. The second-order valence-corrected chi connectivity index (χ2v) is 7.75. The van der Waals surface area contributed by atoms with Crippen LogP contribution in [0.1, 0.15) is 18.3 Å². The summed E-state index contributed by atoms with van der Waals surface area (Å²) in [6.45, 7) is 2.87. The van der Waals surface area contributed by atoms with Crippen molar-refractivity contribution >= 4 is 35.4 Å². The van der Waals surface area contributed by atoms with E-state index in [2.05, 4.69) is 17.6 Å². The zero-order chi connectivity index (χ0) is 21.1. The van der Waals surface area contributed by atoms with Gasteiger partial charge in [-0.1, -0.05) is 59.6 Å². The number of rotatable bonds is 5. The van der Waals surface area contributed by atoms with Crippen molar-refractivity contribution in [2.24, 2.45) is 0 Å². The first-order valence-corrected chi connectivity index (χ1v) is 10.4. The van der Waals surface area contributed by atoms with E-state index in [1.165, 1.54) is 0 Å². The molecule has 0 aliphatic carbocycles. The van der Waals surface area contributed by atoms with Crippen LogP contribution in [-0.4, -0.2) is 14.7 Å². The first-order valence-electron chi connectivity index (χ1n) is 9.63. The molecule has 30 heavy (non-hydrogen) atoms. The molecular formula is C25H20Cl2N2O. The van der Waals surface area contributed by atoms with Gasteiger partial charge in [0.1, 0.15) is 11.6 Å². The van der Waals surface area contributed by atoms with Gasteiger partial charge < -0.3 is 9.67 Å². The van der Waals surface area contributed by atoms with E-state index in [0.29, 0.717) is 10.0 Å². The summed E-state index contributed by atoms with van der Waals surface area (Å²) in [4.78, 5) is 4.76. The molecule has 0 aliphatic rings. The van der Waals surface area contributed by atoms with Crippen LogP contribution < -0.4 is 0 Å². The van der Waals surface area contributed by atoms with E-state index in [9.17, 15) is 5.11 Å². The number of phenolic OH excluding ortho intramolecular Hbond substituents is 1. The number of aryl methyl sites for hydroxylation is 1. The van der Waals surface area contributed by atoms with Crippen LogP contribution in [0.2, 0.25) is 10.0 Å². The molecule has 0 aliphatic heterocycles. The third-order valence-electron chi connectivity index (χ3n) is 4.85. The van der Waals surface area contributed by atoms with E-state index in [-0.39, 0.29) is 5.75 Å². The standard InChI is InChI=1S/C25H20Cl2N2O/c1-2-29-16-24(22-11-10-20(26)15-23(22)27)28-25(29)12-9-17-5-3-6-18(13-17)19-7-4-8-21(30)14-19/h3-16,30H,2H2,1H3/b12-9+. The lowest BCUT2D eigenvalue weighted by molar-refractivity contribution is 0.475. The molecule has 0 unspecified atom stereocenters. The van der Waals surface area contributed by atoms with Crippen molar-refractivity contribution < 1.29 is 5.11 Å². The second kappa shape index (κ2) is 8.78. The number of benzene rings is 3. The van der Waals surface area contributed by atoms with E-state index < -0.39 is 0 Å². The third kappa shape index (κ3) is 4.43. The Kier molecular flexibility index (Phi) is 5.93. The van der Waals surface area contributed by atoms with E-state index in [1.54, 1.807) is 18.2 Å². The van der Waals surface area contributed by atoms with Gasteiger partial charge in [0.2, 0.25) is 0 Å². The van der Waals surface area contributed by atoms with Gasteiger partial charge in [-0.2, -0.15) is 0 Å². The average Bonchev–Trinajstić information content (AvgIpc) is 3.15. The molecule has 0 amide bonds. The van der Waals surface area contributed by atoms with Crippen LogP contribution in [0.3, 0.4) is 0 Å². The number of halogens is 2. The van der Waals surface area contributed by atoms with Crippen LogP contribution in [0.4, 0.5) is 0 Å². The summed E-state index contributed by atoms with van der Waals surface area (Å²) in [6, 6.07) is 20.8. The Balaban J connectivity index is 1.64. The maximum Gasteiger partial charge on any atom is 0.133 e. The van der Waals surface area contributed by atoms with Crippen molar-refractivity contribution in [1.82, 2.24) is 9.55 Å². The zero-order valence-corrected chi connectivity index (χ0v) is 17.9. The Morgan fingerprint density at radius 2 is 1.70 bits per heavy atom. The van der Waals surface area contributed by atoms with E-state index >= 15 is 0 Å². The van der Waals surface area contributed by atoms with E-state index in [1.807, 2.05) is 60.8 Å². The quantitative estimate of drug-likeness (QED) is 0.354. The van der Waals surface area contributed by atoms with Crippen molar-refractivity contribution in [3.8, 4) is 28.1 Å². The number of aromatic hydroxyl groups is 1. The maximum absolute atomic E-state index is 9.74. The first kappa shape index (κ1) is 20.3. The monoisotopic (exact) mass is 434 g/mol. The van der Waals surface area contributed by atoms with Crippen molar-refractivity contribution in [3.05, 3.63) is 94.4 Å². The molecule has 1 aromatic heterocycles. The van der Waals surface area contributed by atoms with Gasteiger partial charge in [0.25, 0.3) is 0 Å². The van der Waals surface area contributed by atoms with Crippen molar-refractivity contribution in [1.29, 1.82) is 0 Å². The minimum absolute atomic E-state index is 0.256. The minimum atomic E-state index is 0.256. The Morgan fingerprint density at radius 3 is 2.43 bits per heavy atom. The topological polar surface area (TPSA) is 38.0 Å². The third-order valence-corrected chi connectivity index (χ3v) is 5.39. The lowest BCUT2D eigenvalue weighted by Crippen LogP contribution is -1.94. The summed E-state index contributed by atoms with van der Waals surface area (Å²) < 4.78 is 2.08. The molecule has 3 aromatic carbocycles. The number of aromatic nitrogens is 2. The second-order valence-electron chi connectivity index (χ2n) is 6.90.